The third kappa shape index (κ3) is 2.66. The Morgan fingerprint density at radius 1 is 1.17 bits per heavy atom. The van der Waals surface area contributed by atoms with Crippen molar-refractivity contribution in [1.82, 2.24) is 4.90 Å². The van der Waals surface area contributed by atoms with E-state index >= 15 is 0 Å². The number of primary amides is 1. The van der Waals surface area contributed by atoms with Gasteiger partial charge in [0.25, 0.3) is 0 Å². The Morgan fingerprint density at radius 2 is 1.94 bits per heavy atom. The molecular weight excluding hydrogens is 230 g/mol. The Balaban J connectivity index is 1.99. The fourth-order valence-electron chi connectivity index (χ4n) is 3.29. The molecule has 2 amide bonds. The quantitative estimate of drug-likeness (QED) is 0.754. The monoisotopic (exact) mass is 253 g/mol. The minimum atomic E-state index is -0.379. The number of carbonyl (C=O) groups is 2. The lowest BCUT2D eigenvalue weighted by Gasteiger charge is -2.32. The summed E-state index contributed by atoms with van der Waals surface area (Å²) < 4.78 is 0. The van der Waals surface area contributed by atoms with Gasteiger partial charge in [0, 0.05) is 12.5 Å². The molecule has 3 unspecified atom stereocenters. The molecule has 0 radical (unpaired) electrons. The number of hydrogen-bond acceptors (Lipinski definition) is 3. The number of hydrogen-bond donors (Lipinski definition) is 2. The van der Waals surface area contributed by atoms with Gasteiger partial charge in [0.05, 0.1) is 0 Å². The normalized spacial score (nSPS) is 32.5. The second-order valence-electron chi connectivity index (χ2n) is 5.56. The lowest BCUT2D eigenvalue weighted by atomic mass is 9.80. The van der Waals surface area contributed by atoms with Gasteiger partial charge in [-0.3, -0.25) is 9.59 Å². The summed E-state index contributed by atoms with van der Waals surface area (Å²) in [5.41, 5.74) is 11.1. The molecule has 3 atom stereocenters. The second-order valence-corrected chi connectivity index (χ2v) is 5.56. The van der Waals surface area contributed by atoms with E-state index in [4.69, 9.17) is 11.5 Å². The van der Waals surface area contributed by atoms with Crippen molar-refractivity contribution >= 4 is 11.8 Å². The summed E-state index contributed by atoms with van der Waals surface area (Å²) >= 11 is 0. The molecule has 5 heteroatoms. The molecule has 1 saturated carbocycles. The van der Waals surface area contributed by atoms with Gasteiger partial charge in [-0.25, -0.2) is 0 Å². The highest BCUT2D eigenvalue weighted by molar-refractivity contribution is 5.88. The van der Waals surface area contributed by atoms with Gasteiger partial charge in [0.1, 0.15) is 6.04 Å². The van der Waals surface area contributed by atoms with Crippen LogP contribution in [0.15, 0.2) is 0 Å². The van der Waals surface area contributed by atoms with Crippen molar-refractivity contribution in [2.45, 2.75) is 44.6 Å². The Bertz CT molecular complexity index is 332. The summed E-state index contributed by atoms with van der Waals surface area (Å²) in [6.45, 7) is 1.33. The molecule has 1 heterocycles. The summed E-state index contributed by atoms with van der Waals surface area (Å²) in [7, 11) is 0. The van der Waals surface area contributed by atoms with Crippen LogP contribution in [0.2, 0.25) is 0 Å². The van der Waals surface area contributed by atoms with Crippen LogP contribution in [0.1, 0.15) is 38.5 Å². The first-order valence-corrected chi connectivity index (χ1v) is 6.93. The van der Waals surface area contributed by atoms with E-state index in [2.05, 4.69) is 0 Å². The van der Waals surface area contributed by atoms with E-state index in [1.54, 1.807) is 4.90 Å². The van der Waals surface area contributed by atoms with Gasteiger partial charge in [-0.1, -0.05) is 6.42 Å². The van der Waals surface area contributed by atoms with Crippen molar-refractivity contribution in [2.75, 3.05) is 13.1 Å². The van der Waals surface area contributed by atoms with Crippen molar-refractivity contribution in [3.8, 4) is 0 Å². The topological polar surface area (TPSA) is 89.4 Å². The number of amides is 2. The van der Waals surface area contributed by atoms with Crippen molar-refractivity contribution in [3.63, 3.8) is 0 Å². The van der Waals surface area contributed by atoms with Crippen LogP contribution in [0.3, 0.4) is 0 Å². The summed E-state index contributed by atoms with van der Waals surface area (Å²) in [6, 6.07) is -0.379. The van der Waals surface area contributed by atoms with Gasteiger partial charge in [-0.15, -0.1) is 0 Å². The molecule has 18 heavy (non-hydrogen) atoms. The maximum Gasteiger partial charge on any atom is 0.240 e. The van der Waals surface area contributed by atoms with Crippen molar-refractivity contribution < 1.29 is 9.59 Å². The smallest absolute Gasteiger partial charge is 0.240 e. The number of likely N-dealkylation sites (tertiary alicyclic amines) is 1. The highest BCUT2D eigenvalue weighted by Gasteiger charge is 2.37. The Hall–Kier alpha value is -1.10. The van der Waals surface area contributed by atoms with Crippen LogP contribution < -0.4 is 11.5 Å². The first kappa shape index (κ1) is 13.3. The predicted octanol–water partition coefficient (Wildman–Crippen LogP) is 0.228. The number of nitrogens with two attached hydrogens (primary N) is 2. The Labute approximate surface area is 108 Å². The zero-order valence-corrected chi connectivity index (χ0v) is 10.8. The van der Waals surface area contributed by atoms with E-state index in [0.717, 1.165) is 32.1 Å². The predicted molar refractivity (Wildman–Crippen MR) is 68.4 cm³/mol. The van der Waals surface area contributed by atoms with Crippen LogP contribution >= 0.6 is 0 Å². The molecule has 0 aromatic rings. The van der Waals surface area contributed by atoms with Gasteiger partial charge in [-0.05, 0) is 44.6 Å². The van der Waals surface area contributed by atoms with Crippen LogP contribution in [-0.2, 0) is 9.59 Å². The molecule has 1 aliphatic carbocycles. The molecule has 1 saturated heterocycles. The maximum atomic E-state index is 12.5. The molecule has 0 spiro atoms. The molecule has 102 valence electrons. The van der Waals surface area contributed by atoms with Crippen LogP contribution in [0.5, 0.6) is 0 Å². The zero-order valence-electron chi connectivity index (χ0n) is 10.8. The standard InChI is InChI=1S/C13H23N3O2/c14-8-9-3-1-4-10(7-9)13(18)16-6-2-5-11(16)12(15)17/h9-11H,1-8,14H2,(H2,15,17). The largest absolute Gasteiger partial charge is 0.368 e. The number of nitrogens with zero attached hydrogens (tertiary/aromatic N) is 1. The number of carbonyl (C=O) groups excluding carboxylic acids is 2. The fourth-order valence-corrected chi connectivity index (χ4v) is 3.29. The Morgan fingerprint density at radius 3 is 2.61 bits per heavy atom. The summed E-state index contributed by atoms with van der Waals surface area (Å²) in [5, 5.41) is 0. The van der Waals surface area contributed by atoms with E-state index in [-0.39, 0.29) is 23.8 Å². The average molecular weight is 253 g/mol. The van der Waals surface area contributed by atoms with Crippen molar-refractivity contribution in [3.05, 3.63) is 0 Å². The molecule has 2 aliphatic rings. The first-order valence-electron chi connectivity index (χ1n) is 6.93. The fraction of sp³-hybridized carbons (Fsp3) is 0.846. The molecule has 0 aromatic carbocycles. The summed E-state index contributed by atoms with van der Waals surface area (Å²) in [6.07, 6.45) is 5.59. The third-order valence-corrected chi connectivity index (χ3v) is 4.33. The van der Waals surface area contributed by atoms with Gasteiger partial charge < -0.3 is 16.4 Å². The molecule has 4 N–H and O–H groups in total. The van der Waals surface area contributed by atoms with E-state index in [0.29, 0.717) is 25.4 Å². The van der Waals surface area contributed by atoms with Gasteiger partial charge in [-0.2, -0.15) is 0 Å². The van der Waals surface area contributed by atoms with Crippen LogP contribution in [0.25, 0.3) is 0 Å². The third-order valence-electron chi connectivity index (χ3n) is 4.33. The Kier molecular flexibility index (Phi) is 4.22. The lowest BCUT2D eigenvalue weighted by Crippen LogP contribution is -2.47. The lowest BCUT2D eigenvalue weighted by molar-refractivity contribution is -0.141. The zero-order chi connectivity index (χ0) is 13.1. The van der Waals surface area contributed by atoms with Gasteiger partial charge >= 0.3 is 0 Å². The number of rotatable bonds is 3. The molecule has 1 aliphatic heterocycles. The average Bonchev–Trinajstić information content (AvgIpc) is 2.87. The minimum absolute atomic E-state index is 0.0484. The highest BCUT2D eigenvalue weighted by Crippen LogP contribution is 2.31. The molecular formula is C13H23N3O2. The highest BCUT2D eigenvalue weighted by atomic mass is 16.2. The second kappa shape index (κ2) is 5.69. The van der Waals surface area contributed by atoms with Gasteiger partial charge in [0.15, 0.2) is 0 Å². The summed E-state index contributed by atoms with van der Waals surface area (Å²) in [5.74, 6) is 0.260. The molecule has 2 rings (SSSR count). The minimum Gasteiger partial charge on any atom is -0.368 e. The SMILES string of the molecule is NCC1CCCC(C(=O)N2CCCC2C(N)=O)C1. The molecule has 2 fully saturated rings. The molecule has 0 bridgehead atoms. The van der Waals surface area contributed by atoms with E-state index in [1.807, 2.05) is 0 Å². The van der Waals surface area contributed by atoms with E-state index in [9.17, 15) is 9.59 Å². The van der Waals surface area contributed by atoms with Crippen LogP contribution in [0.4, 0.5) is 0 Å². The maximum absolute atomic E-state index is 12.5. The van der Waals surface area contributed by atoms with Crippen LogP contribution in [-0.4, -0.2) is 35.8 Å². The van der Waals surface area contributed by atoms with E-state index in [1.165, 1.54) is 0 Å². The van der Waals surface area contributed by atoms with Crippen molar-refractivity contribution in [1.29, 1.82) is 0 Å². The van der Waals surface area contributed by atoms with E-state index < -0.39 is 0 Å². The van der Waals surface area contributed by atoms with Gasteiger partial charge in [0.2, 0.25) is 11.8 Å². The summed E-state index contributed by atoms with van der Waals surface area (Å²) in [4.78, 5) is 25.5. The molecule has 5 nitrogen and oxygen atoms in total. The van der Waals surface area contributed by atoms with Crippen LogP contribution in [0, 0.1) is 11.8 Å². The molecule has 0 aromatic heterocycles. The first-order chi connectivity index (χ1) is 8.63. The van der Waals surface area contributed by atoms with Crippen molar-refractivity contribution in [2.24, 2.45) is 23.3 Å².